The van der Waals surface area contributed by atoms with Crippen LogP contribution in [0, 0.1) is 4.77 Å². The predicted molar refractivity (Wildman–Crippen MR) is 60.1 cm³/mol. The maximum Gasteiger partial charge on any atom is 0.195 e. The summed E-state index contributed by atoms with van der Waals surface area (Å²) in [5, 5.41) is 15.6. The molecule has 0 radical (unpaired) electrons. The molecule has 0 aliphatic carbocycles. The highest BCUT2D eigenvalue weighted by Gasteiger charge is 2.09. The van der Waals surface area contributed by atoms with Crippen LogP contribution in [0.2, 0.25) is 0 Å². The number of rotatable bonds is 4. The highest BCUT2D eigenvalue weighted by Crippen LogP contribution is 2.12. The Hall–Kier alpha value is -1.60. The van der Waals surface area contributed by atoms with E-state index in [0.717, 1.165) is 0 Å². The molecule has 0 bridgehead atoms. The zero-order valence-corrected chi connectivity index (χ0v) is 9.31. The van der Waals surface area contributed by atoms with Gasteiger partial charge in [0, 0.05) is 25.5 Å². The van der Waals surface area contributed by atoms with Gasteiger partial charge >= 0.3 is 0 Å². The molecule has 2 aromatic heterocycles. The minimum absolute atomic E-state index is 0.118. The summed E-state index contributed by atoms with van der Waals surface area (Å²) < 4.78 is 2.32. The monoisotopic (exact) mass is 237 g/mol. The summed E-state index contributed by atoms with van der Waals surface area (Å²) >= 11 is 5.10. The van der Waals surface area contributed by atoms with Crippen LogP contribution in [-0.4, -0.2) is 36.4 Å². The van der Waals surface area contributed by atoms with Crippen molar-refractivity contribution in [1.29, 1.82) is 0 Å². The fourth-order valence-corrected chi connectivity index (χ4v) is 1.59. The van der Waals surface area contributed by atoms with Crippen LogP contribution in [0.3, 0.4) is 0 Å². The van der Waals surface area contributed by atoms with Gasteiger partial charge in [-0.05, 0) is 18.6 Å². The van der Waals surface area contributed by atoms with E-state index in [-0.39, 0.29) is 6.61 Å². The van der Waals surface area contributed by atoms with Crippen LogP contribution in [0.15, 0.2) is 18.6 Å². The van der Waals surface area contributed by atoms with Crippen LogP contribution in [0.25, 0.3) is 11.5 Å². The molecule has 7 heteroatoms. The van der Waals surface area contributed by atoms with Crippen molar-refractivity contribution in [1.82, 2.24) is 24.7 Å². The van der Waals surface area contributed by atoms with E-state index in [2.05, 4.69) is 20.2 Å². The third-order valence-corrected chi connectivity index (χ3v) is 2.40. The van der Waals surface area contributed by atoms with Gasteiger partial charge in [0.05, 0.1) is 6.20 Å². The van der Waals surface area contributed by atoms with E-state index in [1.54, 1.807) is 23.2 Å². The normalized spacial score (nSPS) is 10.6. The van der Waals surface area contributed by atoms with Gasteiger partial charge in [-0.15, -0.1) is 0 Å². The van der Waals surface area contributed by atoms with E-state index in [4.69, 9.17) is 17.3 Å². The van der Waals surface area contributed by atoms with Gasteiger partial charge in [0.1, 0.15) is 5.69 Å². The number of aliphatic hydroxyl groups is 1. The first kappa shape index (κ1) is 10.9. The van der Waals surface area contributed by atoms with E-state index < -0.39 is 0 Å². The second-order valence-corrected chi connectivity index (χ2v) is 3.56. The average molecular weight is 237 g/mol. The van der Waals surface area contributed by atoms with Gasteiger partial charge in [-0.3, -0.25) is 14.6 Å². The minimum atomic E-state index is 0.118. The molecule has 0 spiro atoms. The van der Waals surface area contributed by atoms with Crippen molar-refractivity contribution in [2.75, 3.05) is 6.61 Å². The number of nitrogens with one attached hydrogen (secondary N) is 1. The zero-order valence-electron chi connectivity index (χ0n) is 8.50. The molecular formula is C9H11N5OS. The van der Waals surface area contributed by atoms with Crippen LogP contribution in [0.1, 0.15) is 6.42 Å². The lowest BCUT2D eigenvalue weighted by Crippen LogP contribution is -2.03. The van der Waals surface area contributed by atoms with Crippen molar-refractivity contribution in [2.24, 2.45) is 0 Å². The Morgan fingerprint density at radius 2 is 2.31 bits per heavy atom. The Morgan fingerprint density at radius 3 is 3.00 bits per heavy atom. The highest BCUT2D eigenvalue weighted by molar-refractivity contribution is 7.71. The van der Waals surface area contributed by atoms with E-state index in [1.165, 1.54) is 0 Å². The van der Waals surface area contributed by atoms with Crippen LogP contribution in [0.5, 0.6) is 0 Å². The molecule has 0 aliphatic heterocycles. The Balaban J connectivity index is 2.38. The molecule has 2 rings (SSSR count). The number of aromatic nitrogens is 5. The summed E-state index contributed by atoms with van der Waals surface area (Å²) in [6.07, 6.45) is 5.45. The molecule has 2 heterocycles. The van der Waals surface area contributed by atoms with Gasteiger partial charge in [-0.1, -0.05) is 0 Å². The Morgan fingerprint density at radius 1 is 1.44 bits per heavy atom. The molecule has 0 atom stereocenters. The van der Waals surface area contributed by atoms with Crippen molar-refractivity contribution in [3.63, 3.8) is 0 Å². The molecule has 0 fully saturated rings. The number of aliphatic hydroxyl groups excluding tert-OH is 1. The second-order valence-electron chi connectivity index (χ2n) is 3.17. The lowest BCUT2D eigenvalue weighted by Gasteiger charge is -2.03. The van der Waals surface area contributed by atoms with Crippen LogP contribution in [0.4, 0.5) is 0 Å². The van der Waals surface area contributed by atoms with Gasteiger partial charge in [-0.25, -0.2) is 4.98 Å². The van der Waals surface area contributed by atoms with E-state index in [9.17, 15) is 0 Å². The molecule has 84 valence electrons. The molecule has 0 saturated heterocycles. The topological polar surface area (TPSA) is 79.6 Å². The molecule has 0 unspecified atom stereocenters. The molecule has 0 amide bonds. The van der Waals surface area contributed by atoms with E-state index in [1.807, 2.05) is 0 Å². The van der Waals surface area contributed by atoms with Crippen LogP contribution in [-0.2, 0) is 6.54 Å². The maximum absolute atomic E-state index is 8.81. The maximum atomic E-state index is 8.81. The summed E-state index contributed by atoms with van der Waals surface area (Å²) in [7, 11) is 0. The highest BCUT2D eigenvalue weighted by atomic mass is 32.1. The number of hydrogen-bond donors (Lipinski definition) is 2. The standard InChI is InChI=1S/C9H11N5OS/c15-5-1-4-14-8(12-13-9(14)16)7-6-10-2-3-11-7/h2-3,6,15H,1,4-5H2,(H,13,16). The Labute approximate surface area is 97.0 Å². The first-order chi connectivity index (χ1) is 7.83. The van der Waals surface area contributed by atoms with Crippen molar-refractivity contribution in [3.8, 4) is 11.5 Å². The lowest BCUT2D eigenvalue weighted by atomic mass is 10.4. The average Bonchev–Trinajstić information content (AvgIpc) is 2.69. The SMILES string of the molecule is OCCCn1c(-c2cnccn2)n[nH]c1=S. The lowest BCUT2D eigenvalue weighted by molar-refractivity contribution is 0.279. The quantitative estimate of drug-likeness (QED) is 0.768. The molecular weight excluding hydrogens is 226 g/mol. The summed E-state index contributed by atoms with van der Waals surface area (Å²) in [5.74, 6) is 0.645. The van der Waals surface area contributed by atoms with Gasteiger partial charge < -0.3 is 5.11 Å². The molecule has 6 nitrogen and oxygen atoms in total. The number of nitrogens with zero attached hydrogens (tertiary/aromatic N) is 4. The number of aromatic amines is 1. The predicted octanol–water partition coefficient (Wildman–Crippen LogP) is 0.780. The van der Waals surface area contributed by atoms with Gasteiger partial charge in [0.2, 0.25) is 0 Å². The Bertz CT molecular complexity index is 506. The van der Waals surface area contributed by atoms with Gasteiger partial charge in [-0.2, -0.15) is 5.10 Å². The summed E-state index contributed by atoms with van der Waals surface area (Å²) in [4.78, 5) is 8.14. The van der Waals surface area contributed by atoms with E-state index in [0.29, 0.717) is 29.3 Å². The summed E-state index contributed by atoms with van der Waals surface area (Å²) in [6, 6.07) is 0. The van der Waals surface area contributed by atoms with Gasteiger partial charge in [0.25, 0.3) is 0 Å². The minimum Gasteiger partial charge on any atom is -0.396 e. The van der Waals surface area contributed by atoms with Crippen molar-refractivity contribution >= 4 is 12.2 Å². The van der Waals surface area contributed by atoms with Gasteiger partial charge in [0.15, 0.2) is 10.6 Å². The number of hydrogen-bond acceptors (Lipinski definition) is 5. The van der Waals surface area contributed by atoms with Crippen molar-refractivity contribution < 1.29 is 5.11 Å². The Kier molecular flexibility index (Phi) is 3.37. The fraction of sp³-hybridized carbons (Fsp3) is 0.333. The molecule has 2 N–H and O–H groups in total. The van der Waals surface area contributed by atoms with Crippen LogP contribution < -0.4 is 0 Å². The molecule has 0 aliphatic rings. The summed E-state index contributed by atoms with van der Waals surface area (Å²) in [6.45, 7) is 0.727. The second kappa shape index (κ2) is 4.95. The van der Waals surface area contributed by atoms with Crippen LogP contribution >= 0.6 is 12.2 Å². The first-order valence-electron chi connectivity index (χ1n) is 4.85. The zero-order chi connectivity index (χ0) is 11.4. The molecule has 2 aromatic rings. The largest absolute Gasteiger partial charge is 0.396 e. The first-order valence-corrected chi connectivity index (χ1v) is 5.26. The third kappa shape index (κ3) is 2.15. The molecule has 0 saturated carbocycles. The van der Waals surface area contributed by atoms with Crippen molar-refractivity contribution in [3.05, 3.63) is 23.4 Å². The fourth-order valence-electron chi connectivity index (χ4n) is 1.36. The smallest absolute Gasteiger partial charge is 0.195 e. The summed E-state index contributed by atoms with van der Waals surface area (Å²) in [5.41, 5.74) is 0.660. The molecule has 0 aromatic carbocycles. The van der Waals surface area contributed by atoms with E-state index >= 15 is 0 Å². The third-order valence-electron chi connectivity index (χ3n) is 2.09. The van der Waals surface area contributed by atoms with Crippen molar-refractivity contribution in [2.45, 2.75) is 13.0 Å². The number of H-pyrrole nitrogens is 1. The molecule has 16 heavy (non-hydrogen) atoms.